The molecule has 0 fully saturated rings. The second kappa shape index (κ2) is 9.16. The third-order valence-corrected chi connectivity index (χ3v) is 5.13. The summed E-state index contributed by atoms with van der Waals surface area (Å²) in [6.45, 7) is 1.38. The van der Waals surface area contributed by atoms with Crippen LogP contribution in [0.1, 0.15) is 38.7 Å². The zero-order chi connectivity index (χ0) is 20.7. The van der Waals surface area contributed by atoms with Gasteiger partial charge in [-0.3, -0.25) is 0 Å². The zero-order valence-corrected chi connectivity index (χ0v) is 16.0. The molecule has 1 aromatic carbocycles. The minimum absolute atomic E-state index is 0.00124. The second-order valence-corrected chi connectivity index (χ2v) is 7.35. The van der Waals surface area contributed by atoms with Gasteiger partial charge in [-0.1, -0.05) is 0 Å². The van der Waals surface area contributed by atoms with Crippen molar-refractivity contribution < 1.29 is 31.9 Å². The highest BCUT2D eigenvalue weighted by Gasteiger charge is 2.18. The Balaban J connectivity index is 2.00. The van der Waals surface area contributed by atoms with Gasteiger partial charge in [-0.15, -0.1) is 0 Å². The average Bonchev–Trinajstić information content (AvgIpc) is 3.06. The molecular formula is C18H18N2O7S. The van der Waals surface area contributed by atoms with E-state index in [9.17, 15) is 18.0 Å². The first-order chi connectivity index (χ1) is 13.3. The quantitative estimate of drug-likeness (QED) is 0.519. The van der Waals surface area contributed by atoms with Crippen LogP contribution in [0.2, 0.25) is 0 Å². The molecule has 0 atom stereocenters. The van der Waals surface area contributed by atoms with Crippen molar-refractivity contribution in [2.45, 2.75) is 24.8 Å². The van der Waals surface area contributed by atoms with E-state index < -0.39 is 22.0 Å². The molecule has 1 N–H and O–H groups in total. The molecule has 148 valence electrons. The second-order valence-electron chi connectivity index (χ2n) is 5.58. The van der Waals surface area contributed by atoms with E-state index >= 15 is 0 Å². The molecule has 0 aliphatic heterocycles. The van der Waals surface area contributed by atoms with Gasteiger partial charge in [0.1, 0.15) is 23.7 Å². The van der Waals surface area contributed by atoms with Crippen molar-refractivity contribution in [2.24, 2.45) is 0 Å². The molecule has 0 saturated heterocycles. The van der Waals surface area contributed by atoms with E-state index in [0.717, 1.165) is 0 Å². The summed E-state index contributed by atoms with van der Waals surface area (Å²) in [6.07, 6.45) is 0.0492. The number of carbonyl (C=O) groups excluding carboxylic acids is 2. The van der Waals surface area contributed by atoms with Crippen molar-refractivity contribution in [1.82, 2.24) is 4.72 Å². The van der Waals surface area contributed by atoms with Crippen molar-refractivity contribution in [1.29, 1.82) is 5.26 Å². The van der Waals surface area contributed by atoms with Gasteiger partial charge in [0.2, 0.25) is 10.0 Å². The van der Waals surface area contributed by atoms with Crippen molar-refractivity contribution in [2.75, 3.05) is 13.7 Å². The predicted molar refractivity (Wildman–Crippen MR) is 95.8 cm³/mol. The lowest BCUT2D eigenvalue weighted by Gasteiger charge is -2.06. The number of aryl methyl sites for hydroxylation is 1. The first-order valence-electron chi connectivity index (χ1n) is 8.10. The van der Waals surface area contributed by atoms with Gasteiger partial charge in [0.25, 0.3) is 0 Å². The molecular weight excluding hydrogens is 388 g/mol. The summed E-state index contributed by atoms with van der Waals surface area (Å²) in [6, 6.07) is 8.41. The van der Waals surface area contributed by atoms with Gasteiger partial charge < -0.3 is 13.9 Å². The van der Waals surface area contributed by atoms with Crippen LogP contribution in [-0.4, -0.2) is 34.0 Å². The monoisotopic (exact) mass is 406 g/mol. The fourth-order valence-corrected chi connectivity index (χ4v) is 3.27. The topological polar surface area (TPSA) is 136 Å². The van der Waals surface area contributed by atoms with E-state index in [-0.39, 0.29) is 41.4 Å². The number of esters is 2. The molecule has 28 heavy (non-hydrogen) atoms. The molecule has 0 unspecified atom stereocenters. The van der Waals surface area contributed by atoms with E-state index in [2.05, 4.69) is 9.46 Å². The summed E-state index contributed by atoms with van der Waals surface area (Å²) in [5, 5.41) is 8.45. The zero-order valence-electron chi connectivity index (χ0n) is 15.2. The molecule has 2 rings (SSSR count). The van der Waals surface area contributed by atoms with Crippen LogP contribution >= 0.6 is 0 Å². The van der Waals surface area contributed by atoms with Crippen molar-refractivity contribution in [3.05, 3.63) is 53.0 Å². The molecule has 0 bridgehead atoms. The number of nitrogens with zero attached hydrogens (tertiary/aromatic N) is 1. The van der Waals surface area contributed by atoms with Crippen LogP contribution < -0.4 is 4.72 Å². The van der Waals surface area contributed by atoms with Crippen LogP contribution in [0, 0.1) is 18.3 Å². The highest BCUT2D eigenvalue weighted by molar-refractivity contribution is 7.89. The molecule has 0 saturated carbocycles. The number of carbonyl (C=O) groups is 2. The number of hydrogen-bond donors (Lipinski definition) is 1. The Kier molecular flexibility index (Phi) is 6.92. The Morgan fingerprint density at radius 1 is 1.21 bits per heavy atom. The summed E-state index contributed by atoms with van der Waals surface area (Å²) < 4.78 is 41.4. The van der Waals surface area contributed by atoms with Crippen LogP contribution in [-0.2, 0) is 26.1 Å². The molecule has 0 spiro atoms. The summed E-state index contributed by atoms with van der Waals surface area (Å²) >= 11 is 0. The summed E-state index contributed by atoms with van der Waals surface area (Å²) in [5.74, 6) is -0.627. The lowest BCUT2D eigenvalue weighted by molar-refractivity contribution is 0.0443. The Bertz CT molecular complexity index is 1000. The van der Waals surface area contributed by atoms with Gasteiger partial charge in [-0.25, -0.2) is 22.7 Å². The fourth-order valence-electron chi connectivity index (χ4n) is 2.24. The number of benzene rings is 1. The third-order valence-electron chi connectivity index (χ3n) is 3.65. The molecule has 1 heterocycles. The molecule has 1 aromatic heterocycles. The number of furan rings is 1. The van der Waals surface area contributed by atoms with Crippen molar-refractivity contribution in [3.63, 3.8) is 0 Å². The maximum atomic E-state index is 12.1. The minimum atomic E-state index is -3.75. The van der Waals surface area contributed by atoms with E-state index in [1.165, 1.54) is 37.4 Å². The van der Waals surface area contributed by atoms with Crippen LogP contribution in [0.25, 0.3) is 0 Å². The largest absolute Gasteiger partial charge is 0.465 e. The molecule has 9 nitrogen and oxygen atoms in total. The molecule has 0 aliphatic carbocycles. The molecule has 0 aliphatic rings. The van der Waals surface area contributed by atoms with Crippen molar-refractivity contribution in [3.8, 4) is 6.07 Å². The highest BCUT2D eigenvalue weighted by Crippen LogP contribution is 2.17. The Labute approximate surface area is 161 Å². The van der Waals surface area contributed by atoms with Crippen LogP contribution in [0.3, 0.4) is 0 Å². The number of ether oxygens (including phenoxy) is 2. The van der Waals surface area contributed by atoms with E-state index in [1.807, 2.05) is 6.07 Å². The Morgan fingerprint density at radius 2 is 1.89 bits per heavy atom. The lowest BCUT2D eigenvalue weighted by Crippen LogP contribution is -2.24. The van der Waals surface area contributed by atoms with E-state index in [0.29, 0.717) is 5.76 Å². The van der Waals surface area contributed by atoms with Gasteiger partial charge in [-0.05, 0) is 37.3 Å². The maximum Gasteiger partial charge on any atom is 0.341 e. The van der Waals surface area contributed by atoms with Gasteiger partial charge in [0.15, 0.2) is 0 Å². The van der Waals surface area contributed by atoms with E-state index in [1.54, 1.807) is 6.92 Å². The number of nitriles is 1. The van der Waals surface area contributed by atoms with E-state index in [4.69, 9.17) is 14.4 Å². The molecule has 2 aromatic rings. The highest BCUT2D eigenvalue weighted by atomic mass is 32.2. The van der Waals surface area contributed by atoms with Crippen LogP contribution in [0.4, 0.5) is 0 Å². The summed E-state index contributed by atoms with van der Waals surface area (Å²) in [4.78, 5) is 23.6. The molecule has 10 heteroatoms. The number of rotatable bonds is 8. The first kappa shape index (κ1) is 21.1. The number of hydrogen-bond acceptors (Lipinski definition) is 8. The number of sulfonamides is 1. The molecule has 0 amide bonds. The lowest BCUT2D eigenvalue weighted by atomic mass is 10.2. The number of methoxy groups -OCH3 is 1. The smallest absolute Gasteiger partial charge is 0.341 e. The van der Waals surface area contributed by atoms with Crippen LogP contribution in [0.5, 0.6) is 0 Å². The number of nitrogens with one attached hydrogen (secondary N) is 1. The Morgan fingerprint density at radius 3 is 2.50 bits per heavy atom. The maximum absolute atomic E-state index is 12.1. The van der Waals surface area contributed by atoms with Crippen LogP contribution in [0.15, 0.2) is 39.6 Å². The third kappa shape index (κ3) is 5.18. The normalized spacial score (nSPS) is 10.9. The standard InChI is InChI=1S/C18H18N2O7S/c1-12-16(18(22)25-2)10-14(27-12)11-26-17(21)13-4-6-15(7-5-13)28(23,24)20-9-3-8-19/h4-7,10,20H,3,9,11H2,1-2H3. The fraction of sp³-hybridized carbons (Fsp3) is 0.278. The predicted octanol–water partition coefficient (Wildman–Crippen LogP) is 1.92. The minimum Gasteiger partial charge on any atom is -0.465 e. The summed E-state index contributed by atoms with van der Waals surface area (Å²) in [7, 11) is -2.51. The SMILES string of the molecule is COC(=O)c1cc(COC(=O)c2ccc(S(=O)(=O)NCCC#N)cc2)oc1C. The Hall–Kier alpha value is -3.16. The van der Waals surface area contributed by atoms with Gasteiger partial charge >= 0.3 is 11.9 Å². The van der Waals surface area contributed by atoms with Crippen molar-refractivity contribution >= 4 is 22.0 Å². The van der Waals surface area contributed by atoms with Gasteiger partial charge in [0, 0.05) is 13.0 Å². The summed E-state index contributed by atoms with van der Waals surface area (Å²) in [5.41, 5.74) is 0.388. The van der Waals surface area contributed by atoms with Gasteiger partial charge in [0.05, 0.1) is 23.6 Å². The first-order valence-corrected chi connectivity index (χ1v) is 9.58. The average molecular weight is 406 g/mol. The van der Waals surface area contributed by atoms with Gasteiger partial charge in [-0.2, -0.15) is 5.26 Å². The molecule has 0 radical (unpaired) electrons.